The maximum atomic E-state index is 13.4. The molecule has 1 aromatic carbocycles. The van der Waals surface area contributed by atoms with Crippen molar-refractivity contribution in [2.75, 3.05) is 10.6 Å². The van der Waals surface area contributed by atoms with Gasteiger partial charge in [0, 0.05) is 18.1 Å². The third-order valence-electron chi connectivity index (χ3n) is 3.50. The van der Waals surface area contributed by atoms with Crippen LogP contribution in [0.1, 0.15) is 21.6 Å². The van der Waals surface area contributed by atoms with Crippen LogP contribution in [0.3, 0.4) is 0 Å². The summed E-state index contributed by atoms with van der Waals surface area (Å²) in [6.07, 6.45) is -2.20. The Hall–Kier alpha value is -4.03. The van der Waals surface area contributed by atoms with Gasteiger partial charge in [0.15, 0.2) is 5.69 Å². The smallest absolute Gasteiger partial charge is 0.409 e. The van der Waals surface area contributed by atoms with E-state index in [0.29, 0.717) is 12.1 Å². The summed E-state index contributed by atoms with van der Waals surface area (Å²) in [6.45, 7) is 0. The summed E-state index contributed by atoms with van der Waals surface area (Å²) < 4.78 is 56.5. The Morgan fingerprint density at radius 3 is 2.62 bits per heavy atom. The van der Waals surface area contributed by atoms with Gasteiger partial charge in [-0.2, -0.15) is 13.2 Å². The number of carbonyl (C=O) groups is 1. The van der Waals surface area contributed by atoms with Crippen LogP contribution in [0.2, 0.25) is 0 Å². The molecule has 0 fully saturated rings. The Morgan fingerprint density at radius 2 is 1.97 bits per heavy atom. The Bertz CT molecular complexity index is 1050. The highest BCUT2D eigenvalue weighted by molar-refractivity contribution is 6.12. The highest BCUT2D eigenvalue weighted by Crippen LogP contribution is 2.33. The lowest BCUT2D eigenvalue weighted by atomic mass is 10.1. The van der Waals surface area contributed by atoms with Crippen molar-refractivity contribution < 1.29 is 32.2 Å². The number of aromatic nitrogens is 3. The molecule has 9 nitrogen and oxygen atoms in total. The number of hydrogen-bond acceptors (Lipinski definition) is 7. The molecular weight excluding hydrogens is 400 g/mol. The van der Waals surface area contributed by atoms with Crippen LogP contribution in [0.5, 0.6) is 0 Å². The molecule has 2 aromatic heterocycles. The average molecular weight is 410 g/mol. The van der Waals surface area contributed by atoms with Gasteiger partial charge in [-0.25, -0.2) is 9.02 Å². The molecule has 3 aromatic rings. The maximum absolute atomic E-state index is 13.4. The predicted octanol–water partition coefficient (Wildman–Crippen LogP) is 3.12. The van der Waals surface area contributed by atoms with E-state index < -0.39 is 29.3 Å². The van der Waals surface area contributed by atoms with E-state index in [0.717, 1.165) is 6.07 Å². The molecule has 0 atom stereocenters. The van der Waals surface area contributed by atoms with Crippen LogP contribution in [0.25, 0.3) is 0 Å². The number of halogens is 4. The lowest BCUT2D eigenvalue weighted by Gasteiger charge is -2.11. The van der Waals surface area contributed by atoms with Gasteiger partial charge in [-0.05, 0) is 40.6 Å². The van der Waals surface area contributed by atoms with Crippen LogP contribution in [-0.2, 0) is 6.18 Å². The number of pyridine rings is 1. The van der Waals surface area contributed by atoms with Crippen molar-refractivity contribution in [3.05, 3.63) is 65.4 Å². The van der Waals surface area contributed by atoms with Gasteiger partial charge >= 0.3 is 6.18 Å². The molecule has 0 spiro atoms. The summed E-state index contributed by atoms with van der Waals surface area (Å²) in [4.78, 5) is 16.0. The molecule has 150 valence electrons. The van der Waals surface area contributed by atoms with Crippen molar-refractivity contribution in [3.8, 4) is 0 Å². The Morgan fingerprint density at radius 1 is 1.17 bits per heavy atom. The zero-order valence-corrected chi connectivity index (χ0v) is 14.1. The standard InChI is InChI=1S/C16H10F4N6O3/c17-11-4-3-9(6-10(11)16(18,19)20)22-13(24-28)12-14(26-29-25-12)23-15(27)8-2-1-5-21-7-8/h1-7,28H,(H,22,24)(H,23,26,27). The fraction of sp³-hybridized carbons (Fsp3) is 0.0625. The lowest BCUT2D eigenvalue weighted by Crippen LogP contribution is -2.20. The Labute approximate surface area is 159 Å². The molecule has 0 aliphatic heterocycles. The summed E-state index contributed by atoms with van der Waals surface area (Å²) >= 11 is 0. The molecule has 13 heteroatoms. The second kappa shape index (κ2) is 7.92. The fourth-order valence-electron chi connectivity index (χ4n) is 2.19. The summed E-state index contributed by atoms with van der Waals surface area (Å²) in [5.74, 6) is -2.91. The van der Waals surface area contributed by atoms with E-state index in [-0.39, 0.29) is 22.8 Å². The van der Waals surface area contributed by atoms with Crippen molar-refractivity contribution in [1.82, 2.24) is 15.3 Å². The molecule has 0 saturated heterocycles. The number of benzene rings is 1. The number of amides is 1. The number of nitrogens with zero attached hydrogens (tertiary/aromatic N) is 4. The second-order valence-electron chi connectivity index (χ2n) is 5.42. The minimum Gasteiger partial charge on any atom is -0.409 e. The molecule has 0 aliphatic rings. The third kappa shape index (κ3) is 4.45. The number of rotatable bonds is 4. The van der Waals surface area contributed by atoms with Crippen LogP contribution in [-0.4, -0.2) is 32.2 Å². The lowest BCUT2D eigenvalue weighted by molar-refractivity contribution is -0.139. The first-order valence-electron chi connectivity index (χ1n) is 7.69. The van der Waals surface area contributed by atoms with Crippen LogP contribution < -0.4 is 10.6 Å². The summed E-state index contributed by atoms with van der Waals surface area (Å²) in [5.41, 5.74) is -1.94. The van der Waals surface area contributed by atoms with Crippen molar-refractivity contribution in [1.29, 1.82) is 0 Å². The number of carbonyl (C=O) groups excluding carboxylic acids is 1. The molecule has 0 bridgehead atoms. The molecule has 2 heterocycles. The molecule has 3 N–H and O–H groups in total. The summed E-state index contributed by atoms with van der Waals surface area (Å²) in [7, 11) is 0. The zero-order valence-electron chi connectivity index (χ0n) is 14.1. The van der Waals surface area contributed by atoms with Crippen LogP contribution in [0.15, 0.2) is 52.5 Å². The highest BCUT2D eigenvalue weighted by atomic mass is 19.4. The first-order chi connectivity index (χ1) is 13.8. The SMILES string of the molecule is O=C(Nc1nonc1/C(=N\O)Nc1ccc(F)c(C(F)(F)F)c1)c1cccnc1. The number of alkyl halides is 3. The van der Waals surface area contributed by atoms with Gasteiger partial charge in [0.2, 0.25) is 11.7 Å². The largest absolute Gasteiger partial charge is 0.419 e. The highest BCUT2D eigenvalue weighted by Gasteiger charge is 2.34. The van der Waals surface area contributed by atoms with E-state index in [1.165, 1.54) is 24.5 Å². The van der Waals surface area contributed by atoms with E-state index in [4.69, 9.17) is 0 Å². The summed E-state index contributed by atoms with van der Waals surface area (Å²) in [5, 5.41) is 23.7. The molecule has 29 heavy (non-hydrogen) atoms. The van der Waals surface area contributed by atoms with Gasteiger partial charge < -0.3 is 15.8 Å². The molecule has 0 unspecified atom stereocenters. The van der Waals surface area contributed by atoms with Crippen LogP contribution in [0, 0.1) is 5.82 Å². The maximum Gasteiger partial charge on any atom is 0.419 e. The molecular formula is C16H10F4N6O3. The van der Waals surface area contributed by atoms with Gasteiger partial charge in [-0.3, -0.25) is 9.78 Å². The zero-order chi connectivity index (χ0) is 21.0. The third-order valence-corrected chi connectivity index (χ3v) is 3.50. The van der Waals surface area contributed by atoms with E-state index in [1.54, 1.807) is 0 Å². The molecule has 0 radical (unpaired) electrons. The van der Waals surface area contributed by atoms with Gasteiger partial charge in [0.25, 0.3) is 5.91 Å². The van der Waals surface area contributed by atoms with Crippen LogP contribution in [0.4, 0.5) is 29.1 Å². The van der Waals surface area contributed by atoms with E-state index in [1.807, 2.05) is 0 Å². The average Bonchev–Trinajstić information content (AvgIpc) is 3.15. The minimum absolute atomic E-state index is 0.172. The molecule has 3 rings (SSSR count). The van der Waals surface area contributed by atoms with Gasteiger partial charge in [-0.15, -0.1) is 0 Å². The Kier molecular flexibility index (Phi) is 5.38. The number of nitrogens with one attached hydrogen (secondary N) is 2. The Balaban J connectivity index is 1.84. The van der Waals surface area contributed by atoms with Gasteiger partial charge in [-0.1, -0.05) is 5.16 Å². The van der Waals surface area contributed by atoms with E-state index in [9.17, 15) is 27.6 Å². The quantitative estimate of drug-likeness (QED) is 0.198. The normalized spacial score (nSPS) is 11.9. The first-order valence-corrected chi connectivity index (χ1v) is 7.69. The minimum atomic E-state index is -4.93. The molecule has 0 saturated carbocycles. The van der Waals surface area contributed by atoms with Gasteiger partial charge in [0.05, 0.1) is 11.1 Å². The van der Waals surface area contributed by atoms with E-state index in [2.05, 4.69) is 35.7 Å². The number of anilines is 2. The van der Waals surface area contributed by atoms with Crippen molar-refractivity contribution in [2.24, 2.45) is 5.16 Å². The fourth-order valence-corrected chi connectivity index (χ4v) is 2.19. The van der Waals surface area contributed by atoms with E-state index >= 15 is 0 Å². The number of hydrogen-bond donors (Lipinski definition) is 3. The molecule has 1 amide bonds. The van der Waals surface area contributed by atoms with Crippen molar-refractivity contribution in [3.63, 3.8) is 0 Å². The summed E-state index contributed by atoms with van der Waals surface area (Å²) in [6, 6.07) is 5.03. The monoisotopic (exact) mass is 410 g/mol. The first kappa shape index (κ1) is 19.7. The van der Waals surface area contributed by atoms with Crippen molar-refractivity contribution in [2.45, 2.75) is 6.18 Å². The number of amidine groups is 1. The number of oxime groups is 1. The predicted molar refractivity (Wildman–Crippen MR) is 89.8 cm³/mol. The topological polar surface area (TPSA) is 126 Å². The second-order valence-corrected chi connectivity index (χ2v) is 5.42. The van der Waals surface area contributed by atoms with Gasteiger partial charge in [0.1, 0.15) is 5.82 Å². The van der Waals surface area contributed by atoms with Crippen LogP contribution >= 0.6 is 0 Å². The molecule has 0 aliphatic carbocycles. The van der Waals surface area contributed by atoms with Crippen molar-refractivity contribution >= 4 is 23.2 Å².